The number of hydrogen-bond donors (Lipinski definition) is 1. The summed E-state index contributed by atoms with van der Waals surface area (Å²) in [4.78, 5) is 0. The third kappa shape index (κ3) is 1.55. The average molecular weight is 194 g/mol. The van der Waals surface area contributed by atoms with E-state index in [4.69, 9.17) is 14.6 Å². The molecule has 1 N–H and O–H groups in total. The predicted molar refractivity (Wildman–Crippen MR) is 52.8 cm³/mol. The van der Waals surface area contributed by atoms with Gasteiger partial charge in [0.15, 0.2) is 11.5 Å². The van der Waals surface area contributed by atoms with Gasteiger partial charge >= 0.3 is 0 Å². The van der Waals surface area contributed by atoms with Crippen molar-refractivity contribution < 1.29 is 14.6 Å². The van der Waals surface area contributed by atoms with Crippen LogP contribution in [0, 0.1) is 5.92 Å². The number of aliphatic hydroxyl groups excluding tert-OH is 1. The molecule has 14 heavy (non-hydrogen) atoms. The van der Waals surface area contributed by atoms with E-state index in [1.54, 1.807) is 7.11 Å². The lowest BCUT2D eigenvalue weighted by molar-refractivity contribution is 0.143. The Morgan fingerprint density at radius 3 is 3.14 bits per heavy atom. The fraction of sp³-hybridized carbons (Fsp3) is 0.455. The molecule has 1 aliphatic heterocycles. The summed E-state index contributed by atoms with van der Waals surface area (Å²) in [5, 5.41) is 9.03. The summed E-state index contributed by atoms with van der Waals surface area (Å²) in [6, 6.07) is 5.85. The molecular weight excluding hydrogens is 180 g/mol. The SMILES string of the molecule is COc1cccc2c1OC[C@H](CO)C2. The molecule has 3 heteroatoms. The van der Waals surface area contributed by atoms with Gasteiger partial charge in [0, 0.05) is 12.5 Å². The molecule has 0 bridgehead atoms. The summed E-state index contributed by atoms with van der Waals surface area (Å²) in [6.07, 6.45) is 0.864. The molecule has 0 fully saturated rings. The minimum Gasteiger partial charge on any atom is -0.493 e. The van der Waals surface area contributed by atoms with E-state index in [0.29, 0.717) is 6.61 Å². The highest BCUT2D eigenvalue weighted by Crippen LogP contribution is 2.35. The van der Waals surface area contributed by atoms with Crippen LogP contribution in [0.5, 0.6) is 11.5 Å². The number of ether oxygens (including phenoxy) is 2. The van der Waals surface area contributed by atoms with Crippen LogP contribution in [0.4, 0.5) is 0 Å². The Bertz CT molecular complexity index is 322. The van der Waals surface area contributed by atoms with Crippen LogP contribution in [0.1, 0.15) is 5.56 Å². The molecule has 0 saturated carbocycles. The zero-order valence-electron chi connectivity index (χ0n) is 8.19. The van der Waals surface area contributed by atoms with Crippen LogP contribution in [-0.4, -0.2) is 25.4 Å². The second-order valence-electron chi connectivity index (χ2n) is 3.51. The van der Waals surface area contributed by atoms with E-state index in [-0.39, 0.29) is 12.5 Å². The van der Waals surface area contributed by atoms with E-state index in [1.807, 2.05) is 18.2 Å². The van der Waals surface area contributed by atoms with Gasteiger partial charge in [-0.15, -0.1) is 0 Å². The minimum atomic E-state index is 0.177. The number of benzene rings is 1. The minimum absolute atomic E-state index is 0.177. The van der Waals surface area contributed by atoms with Crippen LogP contribution in [0.3, 0.4) is 0 Å². The second-order valence-corrected chi connectivity index (χ2v) is 3.51. The van der Waals surface area contributed by atoms with Crippen LogP contribution < -0.4 is 9.47 Å². The van der Waals surface area contributed by atoms with Crippen LogP contribution >= 0.6 is 0 Å². The summed E-state index contributed by atoms with van der Waals surface area (Å²) < 4.78 is 10.8. The van der Waals surface area contributed by atoms with Crippen molar-refractivity contribution in [3.63, 3.8) is 0 Å². The molecule has 0 spiro atoms. The molecule has 0 unspecified atom stereocenters. The first-order chi connectivity index (χ1) is 6.85. The summed E-state index contributed by atoms with van der Waals surface area (Å²) in [5.74, 6) is 1.83. The molecule has 76 valence electrons. The number of methoxy groups -OCH3 is 1. The third-order valence-electron chi connectivity index (χ3n) is 2.51. The molecule has 0 radical (unpaired) electrons. The van der Waals surface area contributed by atoms with Crippen molar-refractivity contribution >= 4 is 0 Å². The number of aliphatic hydroxyl groups is 1. The first kappa shape index (κ1) is 9.34. The summed E-state index contributed by atoms with van der Waals surface area (Å²) in [7, 11) is 1.64. The number of hydrogen-bond acceptors (Lipinski definition) is 3. The Labute approximate surface area is 83.3 Å². The van der Waals surface area contributed by atoms with Gasteiger partial charge in [-0.05, 0) is 18.1 Å². The van der Waals surface area contributed by atoms with Crippen LogP contribution in [-0.2, 0) is 6.42 Å². The van der Waals surface area contributed by atoms with Gasteiger partial charge in [0.05, 0.1) is 13.7 Å². The Morgan fingerprint density at radius 1 is 1.57 bits per heavy atom. The van der Waals surface area contributed by atoms with Crippen LogP contribution in [0.2, 0.25) is 0 Å². The fourth-order valence-electron chi connectivity index (χ4n) is 1.73. The van der Waals surface area contributed by atoms with Crippen molar-refractivity contribution in [2.45, 2.75) is 6.42 Å². The summed E-state index contributed by atoms with van der Waals surface area (Å²) in [6.45, 7) is 0.751. The molecule has 1 heterocycles. The monoisotopic (exact) mass is 194 g/mol. The summed E-state index contributed by atoms with van der Waals surface area (Å²) in [5.41, 5.74) is 1.12. The molecule has 0 saturated heterocycles. The van der Waals surface area contributed by atoms with Gasteiger partial charge in [0.1, 0.15) is 0 Å². The molecule has 2 rings (SSSR count). The first-order valence-corrected chi connectivity index (χ1v) is 4.74. The van der Waals surface area contributed by atoms with E-state index in [0.717, 1.165) is 23.5 Å². The fourth-order valence-corrected chi connectivity index (χ4v) is 1.73. The van der Waals surface area contributed by atoms with Gasteiger partial charge in [0.2, 0.25) is 0 Å². The van der Waals surface area contributed by atoms with E-state index in [1.165, 1.54) is 0 Å². The Kier molecular flexibility index (Phi) is 2.59. The van der Waals surface area contributed by atoms with Crippen LogP contribution in [0.15, 0.2) is 18.2 Å². The Balaban J connectivity index is 2.30. The van der Waals surface area contributed by atoms with E-state index in [2.05, 4.69) is 0 Å². The van der Waals surface area contributed by atoms with Gasteiger partial charge in [-0.1, -0.05) is 12.1 Å². The molecule has 0 aliphatic carbocycles. The standard InChI is InChI=1S/C11H14O3/c1-13-10-4-2-3-9-5-8(6-12)7-14-11(9)10/h2-4,8,12H,5-7H2,1H3/t8-/m0/s1. The predicted octanol–water partition coefficient (Wildman–Crippen LogP) is 1.24. The molecule has 0 aromatic heterocycles. The first-order valence-electron chi connectivity index (χ1n) is 4.74. The smallest absolute Gasteiger partial charge is 0.164 e. The molecule has 1 aliphatic rings. The maximum absolute atomic E-state index is 9.03. The van der Waals surface area contributed by atoms with Gasteiger partial charge in [-0.2, -0.15) is 0 Å². The molecule has 1 aromatic rings. The van der Waals surface area contributed by atoms with Gasteiger partial charge < -0.3 is 14.6 Å². The molecule has 1 aromatic carbocycles. The quantitative estimate of drug-likeness (QED) is 0.769. The van der Waals surface area contributed by atoms with E-state index in [9.17, 15) is 0 Å². The zero-order chi connectivity index (χ0) is 9.97. The van der Waals surface area contributed by atoms with Crippen molar-refractivity contribution in [3.8, 4) is 11.5 Å². The van der Waals surface area contributed by atoms with Crippen molar-refractivity contribution in [2.24, 2.45) is 5.92 Å². The maximum Gasteiger partial charge on any atom is 0.164 e. The lowest BCUT2D eigenvalue weighted by atomic mass is 9.97. The lowest BCUT2D eigenvalue weighted by Crippen LogP contribution is -2.23. The van der Waals surface area contributed by atoms with Crippen molar-refractivity contribution in [3.05, 3.63) is 23.8 Å². The average Bonchev–Trinajstić information content (AvgIpc) is 2.27. The largest absolute Gasteiger partial charge is 0.493 e. The van der Waals surface area contributed by atoms with Gasteiger partial charge in [0.25, 0.3) is 0 Å². The molecular formula is C11H14O3. The normalized spacial score (nSPS) is 19.7. The Morgan fingerprint density at radius 2 is 2.43 bits per heavy atom. The highest BCUT2D eigenvalue weighted by atomic mass is 16.5. The Hall–Kier alpha value is -1.22. The van der Waals surface area contributed by atoms with Gasteiger partial charge in [-0.25, -0.2) is 0 Å². The van der Waals surface area contributed by atoms with Crippen molar-refractivity contribution in [1.82, 2.24) is 0 Å². The van der Waals surface area contributed by atoms with Crippen LogP contribution in [0.25, 0.3) is 0 Å². The van der Waals surface area contributed by atoms with Gasteiger partial charge in [-0.3, -0.25) is 0 Å². The van der Waals surface area contributed by atoms with Crippen molar-refractivity contribution in [2.75, 3.05) is 20.3 Å². The number of rotatable bonds is 2. The molecule has 0 amide bonds. The lowest BCUT2D eigenvalue weighted by Gasteiger charge is -2.25. The zero-order valence-corrected chi connectivity index (χ0v) is 8.19. The van der Waals surface area contributed by atoms with E-state index >= 15 is 0 Å². The topological polar surface area (TPSA) is 38.7 Å². The molecule has 1 atom stereocenters. The number of para-hydroxylation sites is 1. The summed E-state index contributed by atoms with van der Waals surface area (Å²) >= 11 is 0. The number of fused-ring (bicyclic) bond motifs is 1. The second kappa shape index (κ2) is 3.88. The third-order valence-corrected chi connectivity index (χ3v) is 2.51. The highest BCUT2D eigenvalue weighted by molar-refractivity contribution is 5.47. The van der Waals surface area contributed by atoms with E-state index < -0.39 is 0 Å². The van der Waals surface area contributed by atoms with Crippen molar-refractivity contribution in [1.29, 1.82) is 0 Å². The maximum atomic E-state index is 9.03. The highest BCUT2D eigenvalue weighted by Gasteiger charge is 2.21. The molecule has 3 nitrogen and oxygen atoms in total.